The lowest BCUT2D eigenvalue weighted by Crippen LogP contribution is -2.01. The lowest BCUT2D eigenvalue weighted by Gasteiger charge is -2.09. The highest BCUT2D eigenvalue weighted by Crippen LogP contribution is 2.31. The Bertz CT molecular complexity index is 765. The van der Waals surface area contributed by atoms with E-state index in [1.54, 1.807) is 6.07 Å². The maximum atomic E-state index is 14.5. The zero-order chi connectivity index (χ0) is 15.5. The number of unbranched alkanes of at least 4 members (excludes halogenated alkanes) is 1. The first-order valence-corrected chi connectivity index (χ1v) is 7.26. The third kappa shape index (κ3) is 2.66. The van der Waals surface area contributed by atoms with E-state index in [4.69, 9.17) is 4.74 Å². The Morgan fingerprint density at radius 2 is 1.95 bits per heavy atom. The van der Waals surface area contributed by atoms with Crippen LogP contribution in [0, 0.1) is 11.6 Å². The Hall–Kier alpha value is -2.43. The van der Waals surface area contributed by atoms with Crippen LogP contribution in [0.3, 0.4) is 0 Å². The standard InChI is InChI=1S/C17H16F2N2O/c1-2-3-10-22-14-9-8-11(18)15(16(14)19)17-20-12-6-4-5-7-13(12)21-17/h4-9H,2-3,10H2,1H3,(H,20,21). The quantitative estimate of drug-likeness (QED) is 0.694. The molecule has 0 aliphatic heterocycles. The smallest absolute Gasteiger partial charge is 0.178 e. The molecule has 1 heterocycles. The molecule has 0 aliphatic carbocycles. The molecule has 0 spiro atoms. The van der Waals surface area contributed by atoms with Crippen LogP contribution < -0.4 is 4.74 Å². The summed E-state index contributed by atoms with van der Waals surface area (Å²) in [7, 11) is 0. The third-order valence-corrected chi connectivity index (χ3v) is 3.44. The molecule has 114 valence electrons. The number of ether oxygens (including phenoxy) is 1. The highest BCUT2D eigenvalue weighted by Gasteiger charge is 2.19. The predicted octanol–water partition coefficient (Wildman–Crippen LogP) is 4.69. The molecule has 0 radical (unpaired) electrons. The van der Waals surface area contributed by atoms with Crippen LogP contribution in [-0.4, -0.2) is 16.6 Å². The van der Waals surface area contributed by atoms with Gasteiger partial charge in [0.25, 0.3) is 0 Å². The highest BCUT2D eigenvalue weighted by molar-refractivity contribution is 5.79. The minimum atomic E-state index is -0.727. The predicted molar refractivity (Wildman–Crippen MR) is 81.8 cm³/mol. The van der Waals surface area contributed by atoms with Crippen molar-refractivity contribution in [2.75, 3.05) is 6.61 Å². The first-order valence-electron chi connectivity index (χ1n) is 7.26. The number of para-hydroxylation sites is 2. The summed E-state index contributed by atoms with van der Waals surface area (Å²) in [5, 5.41) is 0. The number of hydrogen-bond acceptors (Lipinski definition) is 2. The number of nitrogens with one attached hydrogen (secondary N) is 1. The van der Waals surface area contributed by atoms with Crippen molar-refractivity contribution in [3.8, 4) is 17.1 Å². The van der Waals surface area contributed by atoms with E-state index in [1.165, 1.54) is 12.1 Å². The molecule has 1 N–H and O–H groups in total. The number of rotatable bonds is 5. The Labute approximate surface area is 127 Å². The Balaban J connectivity index is 2.03. The van der Waals surface area contributed by atoms with Crippen LogP contribution in [0.5, 0.6) is 5.75 Å². The van der Waals surface area contributed by atoms with Gasteiger partial charge >= 0.3 is 0 Å². The summed E-state index contributed by atoms with van der Waals surface area (Å²) >= 11 is 0. The lowest BCUT2D eigenvalue weighted by molar-refractivity contribution is 0.294. The van der Waals surface area contributed by atoms with Crippen molar-refractivity contribution in [1.82, 2.24) is 9.97 Å². The molecule has 0 saturated heterocycles. The molecule has 3 rings (SSSR count). The number of aromatic nitrogens is 2. The molecule has 0 bridgehead atoms. The summed E-state index contributed by atoms with van der Waals surface area (Å²) in [6.07, 6.45) is 1.76. The van der Waals surface area contributed by atoms with E-state index in [0.717, 1.165) is 18.4 Å². The molecule has 3 aromatic rings. The second-order valence-corrected chi connectivity index (χ2v) is 5.04. The molecular formula is C17H16F2N2O. The SMILES string of the molecule is CCCCOc1ccc(F)c(-c2nc3ccccc3[nH]2)c1F. The fraction of sp³-hybridized carbons (Fsp3) is 0.235. The largest absolute Gasteiger partial charge is 0.490 e. The van der Waals surface area contributed by atoms with Gasteiger partial charge in [0.15, 0.2) is 11.6 Å². The topological polar surface area (TPSA) is 37.9 Å². The summed E-state index contributed by atoms with van der Waals surface area (Å²) in [5.41, 5.74) is 1.20. The van der Waals surface area contributed by atoms with Crippen molar-refractivity contribution < 1.29 is 13.5 Å². The Morgan fingerprint density at radius 3 is 2.73 bits per heavy atom. The molecular weight excluding hydrogens is 286 g/mol. The number of nitrogens with zero attached hydrogens (tertiary/aromatic N) is 1. The van der Waals surface area contributed by atoms with Crippen LogP contribution in [-0.2, 0) is 0 Å². The van der Waals surface area contributed by atoms with E-state index in [-0.39, 0.29) is 17.1 Å². The molecule has 0 fully saturated rings. The normalized spacial score (nSPS) is 11.0. The number of fused-ring (bicyclic) bond motifs is 1. The first kappa shape index (κ1) is 14.5. The number of imidazole rings is 1. The Morgan fingerprint density at radius 1 is 1.14 bits per heavy atom. The van der Waals surface area contributed by atoms with Crippen molar-refractivity contribution in [2.45, 2.75) is 19.8 Å². The van der Waals surface area contributed by atoms with Crippen molar-refractivity contribution in [3.05, 3.63) is 48.0 Å². The van der Waals surface area contributed by atoms with Crippen LogP contribution in [0.15, 0.2) is 36.4 Å². The molecule has 0 amide bonds. The fourth-order valence-corrected chi connectivity index (χ4v) is 2.26. The van der Waals surface area contributed by atoms with Gasteiger partial charge in [0.05, 0.1) is 23.2 Å². The summed E-state index contributed by atoms with van der Waals surface area (Å²) < 4.78 is 34.0. The van der Waals surface area contributed by atoms with E-state index in [2.05, 4.69) is 9.97 Å². The number of benzene rings is 2. The van der Waals surface area contributed by atoms with Gasteiger partial charge in [-0.1, -0.05) is 25.5 Å². The molecule has 3 nitrogen and oxygen atoms in total. The van der Waals surface area contributed by atoms with Gasteiger partial charge in [-0.05, 0) is 30.7 Å². The lowest BCUT2D eigenvalue weighted by atomic mass is 10.1. The zero-order valence-corrected chi connectivity index (χ0v) is 12.2. The van der Waals surface area contributed by atoms with Crippen LogP contribution in [0.1, 0.15) is 19.8 Å². The summed E-state index contributed by atoms with van der Waals surface area (Å²) in [4.78, 5) is 7.19. The van der Waals surface area contributed by atoms with Gasteiger partial charge in [0.2, 0.25) is 0 Å². The van der Waals surface area contributed by atoms with Gasteiger partial charge in [-0.2, -0.15) is 0 Å². The average molecular weight is 302 g/mol. The van der Waals surface area contributed by atoms with E-state index in [1.807, 2.05) is 25.1 Å². The minimum absolute atomic E-state index is 0.0466. The molecule has 2 aromatic carbocycles. The van der Waals surface area contributed by atoms with Gasteiger partial charge in [-0.3, -0.25) is 0 Å². The molecule has 0 aliphatic rings. The zero-order valence-electron chi connectivity index (χ0n) is 12.2. The summed E-state index contributed by atoms with van der Waals surface area (Å²) in [6.45, 7) is 2.42. The van der Waals surface area contributed by atoms with E-state index < -0.39 is 11.6 Å². The van der Waals surface area contributed by atoms with Gasteiger partial charge in [0, 0.05) is 0 Å². The monoisotopic (exact) mass is 302 g/mol. The molecule has 0 atom stereocenters. The van der Waals surface area contributed by atoms with E-state index >= 15 is 0 Å². The van der Waals surface area contributed by atoms with Crippen molar-refractivity contribution in [2.24, 2.45) is 0 Å². The molecule has 0 unspecified atom stereocenters. The maximum Gasteiger partial charge on any atom is 0.178 e. The van der Waals surface area contributed by atoms with Crippen LogP contribution in [0.2, 0.25) is 0 Å². The first-order chi connectivity index (χ1) is 10.7. The molecule has 0 saturated carbocycles. The van der Waals surface area contributed by atoms with Gasteiger partial charge in [-0.15, -0.1) is 0 Å². The van der Waals surface area contributed by atoms with Gasteiger partial charge in [-0.25, -0.2) is 13.8 Å². The van der Waals surface area contributed by atoms with Crippen LogP contribution in [0.25, 0.3) is 22.4 Å². The van der Waals surface area contributed by atoms with Crippen molar-refractivity contribution in [3.63, 3.8) is 0 Å². The van der Waals surface area contributed by atoms with Crippen LogP contribution in [0.4, 0.5) is 8.78 Å². The van der Waals surface area contributed by atoms with Crippen LogP contribution >= 0.6 is 0 Å². The van der Waals surface area contributed by atoms with E-state index in [9.17, 15) is 8.78 Å². The maximum absolute atomic E-state index is 14.5. The second kappa shape index (κ2) is 6.13. The number of halogens is 2. The van der Waals surface area contributed by atoms with E-state index in [0.29, 0.717) is 12.1 Å². The fourth-order valence-electron chi connectivity index (χ4n) is 2.26. The second-order valence-electron chi connectivity index (χ2n) is 5.04. The van der Waals surface area contributed by atoms with Gasteiger partial charge in [0.1, 0.15) is 11.6 Å². The third-order valence-electron chi connectivity index (χ3n) is 3.44. The molecule has 22 heavy (non-hydrogen) atoms. The number of aromatic amines is 1. The van der Waals surface area contributed by atoms with Gasteiger partial charge < -0.3 is 9.72 Å². The Kier molecular flexibility index (Phi) is 4.04. The van der Waals surface area contributed by atoms with Crippen molar-refractivity contribution in [1.29, 1.82) is 0 Å². The molecule has 1 aromatic heterocycles. The number of hydrogen-bond donors (Lipinski definition) is 1. The average Bonchev–Trinajstić information content (AvgIpc) is 2.93. The summed E-state index contributed by atoms with van der Waals surface area (Å²) in [6, 6.07) is 9.76. The molecule has 5 heteroatoms. The minimum Gasteiger partial charge on any atom is -0.490 e. The number of H-pyrrole nitrogens is 1. The summed E-state index contributed by atoms with van der Waals surface area (Å²) in [5.74, 6) is -1.18. The highest BCUT2D eigenvalue weighted by atomic mass is 19.1. The van der Waals surface area contributed by atoms with Crippen molar-refractivity contribution >= 4 is 11.0 Å².